The van der Waals surface area contributed by atoms with Crippen LogP contribution in [0, 0.1) is 5.82 Å². The van der Waals surface area contributed by atoms with Gasteiger partial charge in [0.15, 0.2) is 6.10 Å². The Bertz CT molecular complexity index is 705. The summed E-state index contributed by atoms with van der Waals surface area (Å²) in [6, 6.07) is 1.67. The highest BCUT2D eigenvalue weighted by Crippen LogP contribution is 2.37. The third kappa shape index (κ3) is 3.99. The lowest BCUT2D eigenvalue weighted by atomic mass is 9.78. The molecule has 0 aliphatic carbocycles. The number of carbonyl (C=O) groups is 1. The Morgan fingerprint density at radius 2 is 1.69 bits per heavy atom. The summed E-state index contributed by atoms with van der Waals surface area (Å²) in [5.41, 5.74) is -2.27. The van der Waals surface area contributed by atoms with Gasteiger partial charge in [0.2, 0.25) is 0 Å². The van der Waals surface area contributed by atoms with Gasteiger partial charge in [-0.05, 0) is 58.4 Å². The molecule has 0 spiro atoms. The van der Waals surface area contributed by atoms with Crippen LogP contribution in [0.5, 0.6) is 5.75 Å². The molecule has 26 heavy (non-hydrogen) atoms. The van der Waals surface area contributed by atoms with Gasteiger partial charge in [0.25, 0.3) is 5.24 Å². The first kappa shape index (κ1) is 21.0. The lowest BCUT2D eigenvalue weighted by molar-refractivity contribution is -0.189. The fourth-order valence-corrected chi connectivity index (χ4v) is 2.38. The molecule has 0 radical (unpaired) electrons. The number of rotatable bonds is 4. The average Bonchev–Trinajstić information content (AvgIpc) is 2.67. The Morgan fingerprint density at radius 1 is 1.19 bits per heavy atom. The summed E-state index contributed by atoms with van der Waals surface area (Å²) in [4.78, 5) is 11.5. The molecule has 0 unspecified atom stereocenters. The number of halogens is 5. The van der Waals surface area contributed by atoms with Crippen molar-refractivity contribution < 1.29 is 36.4 Å². The Balaban J connectivity index is 2.46. The van der Waals surface area contributed by atoms with E-state index in [1.807, 2.05) is 0 Å². The second kappa shape index (κ2) is 6.69. The van der Waals surface area contributed by atoms with Gasteiger partial charge in [-0.25, -0.2) is 4.39 Å². The molecule has 1 aromatic carbocycles. The molecule has 1 aliphatic heterocycles. The van der Waals surface area contributed by atoms with Crippen LogP contribution in [0.25, 0.3) is 0 Å². The van der Waals surface area contributed by atoms with Gasteiger partial charge in [-0.3, -0.25) is 4.79 Å². The van der Waals surface area contributed by atoms with Crippen molar-refractivity contribution in [1.29, 1.82) is 0 Å². The molecule has 10 heteroatoms. The average molecular weight is 397 g/mol. The van der Waals surface area contributed by atoms with Crippen LogP contribution in [0.15, 0.2) is 12.1 Å². The highest BCUT2D eigenvalue weighted by molar-refractivity contribution is 6.68. The first-order valence-corrected chi connectivity index (χ1v) is 8.16. The van der Waals surface area contributed by atoms with E-state index in [0.717, 1.165) is 13.0 Å². The van der Waals surface area contributed by atoms with Crippen LogP contribution < -0.4 is 10.2 Å². The number of hydrogen-bond donors (Lipinski definition) is 0. The van der Waals surface area contributed by atoms with E-state index in [4.69, 9.17) is 25.6 Å². The zero-order chi connectivity index (χ0) is 20.1. The minimum Gasteiger partial charge on any atom is -0.480 e. The molecule has 0 amide bonds. The molecule has 1 aromatic rings. The molecule has 1 heterocycles. The number of alkyl halides is 3. The zero-order valence-corrected chi connectivity index (χ0v) is 15.6. The maximum atomic E-state index is 14.5. The van der Waals surface area contributed by atoms with E-state index in [-0.39, 0.29) is 5.46 Å². The van der Waals surface area contributed by atoms with Gasteiger partial charge in [0.1, 0.15) is 11.6 Å². The number of benzene rings is 1. The van der Waals surface area contributed by atoms with E-state index in [9.17, 15) is 22.4 Å². The Kier molecular flexibility index (Phi) is 5.40. The molecule has 144 valence electrons. The molecule has 0 bridgehead atoms. The summed E-state index contributed by atoms with van der Waals surface area (Å²) in [6.07, 6.45) is -6.90. The standard InChI is InChI=1S/C16H18BClF4O4/c1-8(16(20,21)22)24-12-7-10(11(19)6-9(12)13(18)23)17-25-14(2,3)15(4,5)26-17/h6-8H,1-5H3/t8-/m0/s1. The van der Waals surface area contributed by atoms with Crippen molar-refractivity contribution in [3.63, 3.8) is 0 Å². The molecule has 2 rings (SSSR count). The topological polar surface area (TPSA) is 44.8 Å². The summed E-state index contributed by atoms with van der Waals surface area (Å²) in [6.45, 7) is 7.73. The van der Waals surface area contributed by atoms with Crippen LogP contribution in [0.4, 0.5) is 17.6 Å². The number of hydrogen-bond acceptors (Lipinski definition) is 4. The maximum Gasteiger partial charge on any atom is 0.497 e. The van der Waals surface area contributed by atoms with Crippen molar-refractivity contribution in [2.24, 2.45) is 0 Å². The quantitative estimate of drug-likeness (QED) is 0.441. The van der Waals surface area contributed by atoms with Gasteiger partial charge >= 0.3 is 13.3 Å². The molecule has 1 atom stereocenters. The predicted molar refractivity (Wildman–Crippen MR) is 88.4 cm³/mol. The fourth-order valence-electron chi connectivity index (χ4n) is 2.23. The Morgan fingerprint density at radius 3 is 2.12 bits per heavy atom. The van der Waals surface area contributed by atoms with E-state index in [2.05, 4.69) is 0 Å². The minimum absolute atomic E-state index is 0.185. The van der Waals surface area contributed by atoms with Gasteiger partial charge in [-0.1, -0.05) is 0 Å². The van der Waals surface area contributed by atoms with E-state index in [1.54, 1.807) is 27.7 Å². The molecule has 1 aliphatic rings. The number of ether oxygens (including phenoxy) is 1. The third-order valence-corrected chi connectivity index (χ3v) is 4.79. The van der Waals surface area contributed by atoms with Crippen LogP contribution in [-0.4, -0.2) is 35.8 Å². The molecule has 0 aromatic heterocycles. The largest absolute Gasteiger partial charge is 0.497 e. The van der Waals surface area contributed by atoms with E-state index < -0.39 is 53.0 Å². The van der Waals surface area contributed by atoms with Gasteiger partial charge in [0, 0.05) is 5.46 Å². The zero-order valence-electron chi connectivity index (χ0n) is 14.8. The summed E-state index contributed by atoms with van der Waals surface area (Å²) in [5.74, 6) is -1.40. The van der Waals surface area contributed by atoms with Crippen LogP contribution in [0.1, 0.15) is 45.0 Å². The first-order valence-electron chi connectivity index (χ1n) is 7.78. The second-order valence-electron chi connectivity index (χ2n) is 7.03. The minimum atomic E-state index is -4.68. The van der Waals surface area contributed by atoms with Gasteiger partial charge < -0.3 is 14.0 Å². The van der Waals surface area contributed by atoms with E-state index >= 15 is 0 Å². The van der Waals surface area contributed by atoms with E-state index in [0.29, 0.717) is 6.07 Å². The highest BCUT2D eigenvalue weighted by atomic mass is 35.5. The normalized spacial score (nSPS) is 20.2. The molecule has 0 saturated carbocycles. The van der Waals surface area contributed by atoms with Crippen LogP contribution in [-0.2, 0) is 9.31 Å². The maximum absolute atomic E-state index is 14.5. The van der Waals surface area contributed by atoms with Gasteiger partial charge in [0.05, 0.1) is 16.8 Å². The molecule has 1 saturated heterocycles. The third-order valence-electron chi connectivity index (χ3n) is 4.58. The van der Waals surface area contributed by atoms with Crippen molar-refractivity contribution >= 4 is 29.4 Å². The molecular formula is C16H18BClF4O4. The Labute approximate surface area is 153 Å². The summed E-state index contributed by atoms with van der Waals surface area (Å²) in [7, 11) is -1.18. The summed E-state index contributed by atoms with van der Waals surface area (Å²) < 4.78 is 69.0. The van der Waals surface area contributed by atoms with Crippen LogP contribution in [0.3, 0.4) is 0 Å². The van der Waals surface area contributed by atoms with Gasteiger partial charge in [-0.2, -0.15) is 13.2 Å². The highest BCUT2D eigenvalue weighted by Gasteiger charge is 2.52. The smallest absolute Gasteiger partial charge is 0.480 e. The lowest BCUT2D eigenvalue weighted by Crippen LogP contribution is -2.41. The van der Waals surface area contributed by atoms with Crippen molar-refractivity contribution in [3.8, 4) is 5.75 Å². The SMILES string of the molecule is C[C@H](Oc1cc(B2OC(C)(C)C(C)(C)O2)c(F)cc1C(=O)Cl)C(F)(F)F. The summed E-state index contributed by atoms with van der Waals surface area (Å²) >= 11 is 5.35. The van der Waals surface area contributed by atoms with Crippen molar-refractivity contribution in [3.05, 3.63) is 23.5 Å². The van der Waals surface area contributed by atoms with Crippen molar-refractivity contribution in [2.75, 3.05) is 0 Å². The summed E-state index contributed by atoms with van der Waals surface area (Å²) in [5, 5.41) is -1.14. The molecular weight excluding hydrogens is 378 g/mol. The molecule has 1 fully saturated rings. The van der Waals surface area contributed by atoms with Crippen molar-refractivity contribution in [2.45, 2.75) is 58.1 Å². The van der Waals surface area contributed by atoms with Crippen molar-refractivity contribution in [1.82, 2.24) is 0 Å². The van der Waals surface area contributed by atoms with Crippen LogP contribution >= 0.6 is 11.6 Å². The predicted octanol–water partition coefficient (Wildman–Crippen LogP) is 3.83. The van der Waals surface area contributed by atoms with E-state index in [1.165, 1.54) is 0 Å². The second-order valence-corrected chi connectivity index (χ2v) is 7.38. The monoisotopic (exact) mass is 396 g/mol. The molecule has 0 N–H and O–H groups in total. The number of carbonyl (C=O) groups excluding carboxylic acids is 1. The fraction of sp³-hybridized carbons (Fsp3) is 0.562. The van der Waals surface area contributed by atoms with Crippen LogP contribution in [0.2, 0.25) is 0 Å². The lowest BCUT2D eigenvalue weighted by Gasteiger charge is -2.32. The first-order chi connectivity index (χ1) is 11.7. The van der Waals surface area contributed by atoms with Gasteiger partial charge in [-0.15, -0.1) is 0 Å². The molecule has 4 nitrogen and oxygen atoms in total. The Hall–Kier alpha value is -1.32.